The van der Waals surface area contributed by atoms with E-state index in [0.29, 0.717) is 19.2 Å². The van der Waals surface area contributed by atoms with E-state index in [2.05, 4.69) is 23.6 Å². The minimum absolute atomic E-state index is 0.0955. The van der Waals surface area contributed by atoms with Crippen LogP contribution in [0, 0.1) is 0 Å². The fraction of sp³-hybridized carbons (Fsp3) is 0.923. The monoisotopic (exact) mass is 258 g/mol. The van der Waals surface area contributed by atoms with Crippen molar-refractivity contribution in [3.8, 4) is 0 Å². The largest absolute Gasteiger partial charge is 0.466 e. The molecule has 1 heterocycles. The second kappa shape index (κ2) is 7.71. The van der Waals surface area contributed by atoms with Gasteiger partial charge >= 0.3 is 5.97 Å². The average molecular weight is 258 g/mol. The number of β-amino-alcohol motifs (C(OH)–C–C–N with tert-alkyl or cyclic N) is 1. The summed E-state index contributed by atoms with van der Waals surface area (Å²) in [5.74, 6) is -0.314. The first-order valence-electron chi connectivity index (χ1n) is 6.83. The normalized spacial score (nSPS) is 20.1. The molecule has 1 saturated heterocycles. The lowest BCUT2D eigenvalue weighted by molar-refractivity contribution is -0.145. The fourth-order valence-corrected chi connectivity index (χ4v) is 2.24. The Bertz CT molecular complexity index is 251. The van der Waals surface area contributed by atoms with Gasteiger partial charge in [0.2, 0.25) is 0 Å². The maximum Gasteiger partial charge on any atom is 0.308 e. The van der Waals surface area contributed by atoms with Gasteiger partial charge in [0.1, 0.15) is 0 Å². The van der Waals surface area contributed by atoms with E-state index in [4.69, 9.17) is 4.74 Å². The lowest BCUT2D eigenvalue weighted by Crippen LogP contribution is -2.50. The molecule has 0 aliphatic carbocycles. The summed E-state index contributed by atoms with van der Waals surface area (Å²) in [4.78, 5) is 15.9. The zero-order valence-electron chi connectivity index (χ0n) is 11.8. The van der Waals surface area contributed by atoms with Gasteiger partial charge in [-0.3, -0.25) is 14.6 Å². The third-order valence-electron chi connectivity index (χ3n) is 3.31. The van der Waals surface area contributed by atoms with E-state index < -0.39 is 6.10 Å². The fourth-order valence-electron chi connectivity index (χ4n) is 2.24. The SMILES string of the molecule is CCOC(=O)CC(O)CN1CCN(C(C)C)CC1. The predicted molar refractivity (Wildman–Crippen MR) is 70.4 cm³/mol. The van der Waals surface area contributed by atoms with Crippen molar-refractivity contribution in [2.75, 3.05) is 39.3 Å². The van der Waals surface area contributed by atoms with Crippen LogP contribution in [-0.2, 0) is 9.53 Å². The van der Waals surface area contributed by atoms with Crippen LogP contribution in [0.1, 0.15) is 27.2 Å². The van der Waals surface area contributed by atoms with Gasteiger partial charge in [0, 0.05) is 38.8 Å². The van der Waals surface area contributed by atoms with Crippen molar-refractivity contribution in [3.63, 3.8) is 0 Å². The van der Waals surface area contributed by atoms with E-state index in [0.717, 1.165) is 26.2 Å². The zero-order chi connectivity index (χ0) is 13.5. The highest BCUT2D eigenvalue weighted by Crippen LogP contribution is 2.07. The number of hydrogen-bond acceptors (Lipinski definition) is 5. The van der Waals surface area contributed by atoms with Gasteiger partial charge in [-0.05, 0) is 20.8 Å². The highest BCUT2D eigenvalue weighted by Gasteiger charge is 2.21. The molecule has 0 aromatic carbocycles. The van der Waals surface area contributed by atoms with Gasteiger partial charge in [-0.25, -0.2) is 0 Å². The van der Waals surface area contributed by atoms with Crippen LogP contribution in [0.3, 0.4) is 0 Å². The molecule has 1 fully saturated rings. The molecule has 0 bridgehead atoms. The molecule has 1 aliphatic heterocycles. The summed E-state index contributed by atoms with van der Waals surface area (Å²) in [5.41, 5.74) is 0. The molecule has 0 spiro atoms. The molecule has 0 radical (unpaired) electrons. The molecule has 1 unspecified atom stereocenters. The van der Waals surface area contributed by atoms with E-state index >= 15 is 0 Å². The molecular formula is C13H26N2O3. The molecule has 1 N–H and O–H groups in total. The Labute approximate surface area is 110 Å². The molecule has 0 aromatic rings. The molecule has 5 heteroatoms. The molecule has 1 atom stereocenters. The smallest absolute Gasteiger partial charge is 0.308 e. The number of rotatable bonds is 6. The highest BCUT2D eigenvalue weighted by atomic mass is 16.5. The van der Waals surface area contributed by atoms with Crippen molar-refractivity contribution >= 4 is 5.97 Å². The minimum Gasteiger partial charge on any atom is -0.466 e. The summed E-state index contributed by atoms with van der Waals surface area (Å²) in [5, 5.41) is 9.82. The molecule has 5 nitrogen and oxygen atoms in total. The number of ether oxygens (including phenoxy) is 1. The van der Waals surface area contributed by atoms with Crippen molar-refractivity contribution in [1.82, 2.24) is 9.80 Å². The Morgan fingerprint density at radius 1 is 1.28 bits per heavy atom. The first-order valence-corrected chi connectivity index (χ1v) is 6.83. The number of esters is 1. The van der Waals surface area contributed by atoms with Crippen LogP contribution in [0.25, 0.3) is 0 Å². The Morgan fingerprint density at radius 2 is 1.89 bits per heavy atom. The molecule has 1 rings (SSSR count). The van der Waals surface area contributed by atoms with E-state index in [1.54, 1.807) is 6.92 Å². The number of piperazine rings is 1. The number of carbonyl (C=O) groups excluding carboxylic acids is 1. The van der Waals surface area contributed by atoms with Crippen molar-refractivity contribution in [2.45, 2.75) is 39.3 Å². The summed E-state index contributed by atoms with van der Waals surface area (Å²) in [7, 11) is 0. The van der Waals surface area contributed by atoms with Crippen LogP contribution in [-0.4, -0.2) is 72.4 Å². The van der Waals surface area contributed by atoms with Crippen LogP contribution in [0.2, 0.25) is 0 Å². The van der Waals surface area contributed by atoms with Gasteiger partial charge in [-0.15, -0.1) is 0 Å². The van der Waals surface area contributed by atoms with Gasteiger partial charge < -0.3 is 9.84 Å². The molecule has 106 valence electrons. The Balaban J connectivity index is 2.22. The quantitative estimate of drug-likeness (QED) is 0.696. The number of nitrogens with zero attached hydrogens (tertiary/aromatic N) is 2. The maximum atomic E-state index is 11.2. The van der Waals surface area contributed by atoms with Crippen molar-refractivity contribution in [2.24, 2.45) is 0 Å². The number of aliphatic hydroxyl groups excluding tert-OH is 1. The van der Waals surface area contributed by atoms with Crippen molar-refractivity contribution in [3.05, 3.63) is 0 Å². The van der Waals surface area contributed by atoms with E-state index in [1.165, 1.54) is 0 Å². The molecule has 18 heavy (non-hydrogen) atoms. The van der Waals surface area contributed by atoms with Gasteiger partial charge in [0.25, 0.3) is 0 Å². The van der Waals surface area contributed by atoms with Crippen molar-refractivity contribution in [1.29, 1.82) is 0 Å². The summed E-state index contributed by atoms with van der Waals surface area (Å²) < 4.78 is 4.82. The highest BCUT2D eigenvalue weighted by molar-refractivity contribution is 5.69. The molecular weight excluding hydrogens is 232 g/mol. The van der Waals surface area contributed by atoms with Crippen LogP contribution in [0.15, 0.2) is 0 Å². The zero-order valence-corrected chi connectivity index (χ0v) is 11.8. The van der Waals surface area contributed by atoms with Gasteiger partial charge in [-0.2, -0.15) is 0 Å². The molecule has 0 aromatic heterocycles. The summed E-state index contributed by atoms with van der Waals surface area (Å²) in [6.07, 6.45) is -0.521. The third-order valence-corrected chi connectivity index (χ3v) is 3.31. The first-order chi connectivity index (χ1) is 8.52. The van der Waals surface area contributed by atoms with Crippen LogP contribution < -0.4 is 0 Å². The standard InChI is InChI=1S/C13H26N2O3/c1-4-18-13(17)9-12(16)10-14-5-7-15(8-6-14)11(2)3/h11-12,16H,4-10H2,1-3H3. The van der Waals surface area contributed by atoms with Crippen LogP contribution in [0.5, 0.6) is 0 Å². The van der Waals surface area contributed by atoms with E-state index in [9.17, 15) is 9.90 Å². The maximum absolute atomic E-state index is 11.2. The summed E-state index contributed by atoms with van der Waals surface area (Å²) in [6.45, 7) is 11.1. The minimum atomic E-state index is -0.616. The molecule has 0 saturated carbocycles. The lowest BCUT2D eigenvalue weighted by Gasteiger charge is -2.37. The molecule has 0 amide bonds. The van der Waals surface area contributed by atoms with Crippen molar-refractivity contribution < 1.29 is 14.6 Å². The van der Waals surface area contributed by atoms with Crippen LogP contribution in [0.4, 0.5) is 0 Å². The summed E-state index contributed by atoms with van der Waals surface area (Å²) in [6, 6.07) is 0.580. The van der Waals surface area contributed by atoms with Gasteiger partial charge in [-0.1, -0.05) is 0 Å². The third kappa shape index (κ3) is 5.33. The van der Waals surface area contributed by atoms with Gasteiger partial charge in [0.05, 0.1) is 19.1 Å². The second-order valence-corrected chi connectivity index (χ2v) is 5.09. The van der Waals surface area contributed by atoms with E-state index in [-0.39, 0.29) is 12.4 Å². The average Bonchev–Trinajstić information content (AvgIpc) is 2.29. The number of aliphatic hydroxyl groups is 1. The summed E-state index contributed by atoms with van der Waals surface area (Å²) >= 11 is 0. The Morgan fingerprint density at radius 3 is 2.39 bits per heavy atom. The van der Waals surface area contributed by atoms with Gasteiger partial charge in [0.15, 0.2) is 0 Å². The van der Waals surface area contributed by atoms with Crippen LogP contribution >= 0.6 is 0 Å². The topological polar surface area (TPSA) is 53.0 Å². The lowest BCUT2D eigenvalue weighted by atomic mass is 10.2. The first kappa shape index (κ1) is 15.4. The molecule has 1 aliphatic rings. The number of carbonyl (C=O) groups is 1. The predicted octanol–water partition coefficient (Wildman–Crippen LogP) is 0.327. The van der Waals surface area contributed by atoms with E-state index in [1.807, 2.05) is 0 Å². The second-order valence-electron chi connectivity index (χ2n) is 5.09. The Kier molecular flexibility index (Phi) is 6.60. The Hall–Kier alpha value is -0.650. The number of hydrogen-bond donors (Lipinski definition) is 1.